The predicted octanol–water partition coefficient (Wildman–Crippen LogP) is 2.95. The van der Waals surface area contributed by atoms with Crippen molar-refractivity contribution in [3.8, 4) is 0 Å². The lowest BCUT2D eigenvalue weighted by Gasteiger charge is -2.41. The van der Waals surface area contributed by atoms with E-state index in [1.54, 1.807) is 0 Å². The van der Waals surface area contributed by atoms with Crippen molar-refractivity contribution >= 4 is 23.6 Å². The SMILES string of the molecule is O=C(CC1(C(=O)O)CCC1)N1CCSCC1c1ccccc1. The van der Waals surface area contributed by atoms with Crippen LogP contribution in [0.25, 0.3) is 0 Å². The molecule has 1 aromatic carbocycles. The molecule has 1 aromatic rings. The van der Waals surface area contributed by atoms with Gasteiger partial charge in [-0.2, -0.15) is 11.8 Å². The molecule has 3 rings (SSSR count). The Morgan fingerprint density at radius 1 is 1.27 bits per heavy atom. The maximum Gasteiger partial charge on any atom is 0.310 e. The Hall–Kier alpha value is -1.49. The number of carboxylic acid groups (broad SMARTS) is 1. The highest BCUT2D eigenvalue weighted by molar-refractivity contribution is 7.99. The van der Waals surface area contributed by atoms with E-state index in [-0.39, 0.29) is 18.4 Å². The average molecular weight is 319 g/mol. The van der Waals surface area contributed by atoms with Crippen molar-refractivity contribution in [2.75, 3.05) is 18.1 Å². The summed E-state index contributed by atoms with van der Waals surface area (Å²) < 4.78 is 0. The highest BCUT2D eigenvalue weighted by Gasteiger charge is 2.47. The number of carbonyl (C=O) groups excluding carboxylic acids is 1. The third-order valence-corrected chi connectivity index (χ3v) is 5.91. The molecule has 0 aromatic heterocycles. The maximum atomic E-state index is 12.7. The van der Waals surface area contributed by atoms with Gasteiger partial charge in [-0.1, -0.05) is 36.8 Å². The van der Waals surface area contributed by atoms with Gasteiger partial charge in [0.05, 0.1) is 11.5 Å². The Morgan fingerprint density at radius 3 is 2.59 bits per heavy atom. The molecule has 0 bridgehead atoms. The monoisotopic (exact) mass is 319 g/mol. The highest BCUT2D eigenvalue weighted by Crippen LogP contribution is 2.45. The molecule has 1 atom stereocenters. The topological polar surface area (TPSA) is 57.6 Å². The van der Waals surface area contributed by atoms with Crippen molar-refractivity contribution < 1.29 is 14.7 Å². The minimum Gasteiger partial charge on any atom is -0.481 e. The second-order valence-electron chi connectivity index (χ2n) is 6.20. The molecule has 22 heavy (non-hydrogen) atoms. The first-order valence-electron chi connectivity index (χ1n) is 7.78. The van der Waals surface area contributed by atoms with Crippen LogP contribution in [0.15, 0.2) is 30.3 Å². The number of carbonyl (C=O) groups is 2. The van der Waals surface area contributed by atoms with Gasteiger partial charge in [0.25, 0.3) is 0 Å². The summed E-state index contributed by atoms with van der Waals surface area (Å²) >= 11 is 1.85. The van der Waals surface area contributed by atoms with E-state index in [1.165, 1.54) is 0 Å². The molecule has 5 heteroatoms. The van der Waals surface area contributed by atoms with Crippen molar-refractivity contribution in [2.45, 2.75) is 31.7 Å². The van der Waals surface area contributed by atoms with Crippen LogP contribution in [-0.4, -0.2) is 39.9 Å². The van der Waals surface area contributed by atoms with Crippen LogP contribution in [0.5, 0.6) is 0 Å². The molecule has 0 radical (unpaired) electrons. The summed E-state index contributed by atoms with van der Waals surface area (Å²) in [5.74, 6) is 0.997. The van der Waals surface area contributed by atoms with Crippen LogP contribution >= 0.6 is 11.8 Å². The van der Waals surface area contributed by atoms with E-state index in [9.17, 15) is 14.7 Å². The summed E-state index contributed by atoms with van der Waals surface area (Å²) in [7, 11) is 0. The Labute approximate surface area is 134 Å². The fraction of sp³-hybridized carbons (Fsp3) is 0.529. The van der Waals surface area contributed by atoms with Crippen LogP contribution in [0.3, 0.4) is 0 Å². The molecule has 1 aliphatic heterocycles. The molecule has 2 fully saturated rings. The molecule has 1 saturated carbocycles. The standard InChI is InChI=1S/C17H21NO3S/c19-15(11-17(16(20)21)7-4-8-17)18-9-10-22-12-14(18)13-5-2-1-3-6-13/h1-3,5-6,14H,4,7-12H2,(H,20,21). The Kier molecular flexibility index (Phi) is 4.43. The summed E-state index contributed by atoms with van der Waals surface area (Å²) in [5, 5.41) is 9.44. The minimum atomic E-state index is -0.810. The molecule has 1 amide bonds. The van der Waals surface area contributed by atoms with Crippen LogP contribution in [0.4, 0.5) is 0 Å². The van der Waals surface area contributed by atoms with E-state index in [0.717, 1.165) is 23.5 Å². The number of carboxylic acids is 1. The second-order valence-corrected chi connectivity index (χ2v) is 7.35. The number of thioether (sulfide) groups is 1. The van der Waals surface area contributed by atoms with Gasteiger partial charge in [0.15, 0.2) is 0 Å². The molecular weight excluding hydrogens is 298 g/mol. The van der Waals surface area contributed by atoms with Crippen LogP contribution < -0.4 is 0 Å². The smallest absolute Gasteiger partial charge is 0.310 e. The van der Waals surface area contributed by atoms with Crippen LogP contribution in [-0.2, 0) is 9.59 Å². The van der Waals surface area contributed by atoms with E-state index in [4.69, 9.17) is 0 Å². The largest absolute Gasteiger partial charge is 0.481 e. The van der Waals surface area contributed by atoms with E-state index in [1.807, 2.05) is 47.0 Å². The summed E-state index contributed by atoms with van der Waals surface area (Å²) in [6.07, 6.45) is 2.33. The number of hydrogen-bond donors (Lipinski definition) is 1. The molecule has 1 heterocycles. The number of nitrogens with zero attached hydrogens (tertiary/aromatic N) is 1. The fourth-order valence-corrected chi connectivity index (χ4v) is 4.40. The van der Waals surface area contributed by atoms with E-state index in [2.05, 4.69) is 0 Å². The Morgan fingerprint density at radius 2 is 2.00 bits per heavy atom. The fourth-order valence-electron chi connectivity index (χ4n) is 3.31. The first-order valence-corrected chi connectivity index (χ1v) is 8.93. The second kappa shape index (κ2) is 6.32. The van der Waals surface area contributed by atoms with Gasteiger partial charge >= 0.3 is 5.97 Å². The van der Waals surface area contributed by atoms with Gasteiger partial charge in [-0.15, -0.1) is 0 Å². The zero-order valence-electron chi connectivity index (χ0n) is 12.5. The minimum absolute atomic E-state index is 0.00347. The van der Waals surface area contributed by atoms with Gasteiger partial charge in [-0.3, -0.25) is 9.59 Å². The number of amides is 1. The van der Waals surface area contributed by atoms with E-state index >= 15 is 0 Å². The van der Waals surface area contributed by atoms with Crippen LogP contribution in [0.1, 0.15) is 37.3 Å². The molecule has 2 aliphatic rings. The zero-order valence-corrected chi connectivity index (χ0v) is 13.3. The average Bonchev–Trinajstić information content (AvgIpc) is 2.51. The van der Waals surface area contributed by atoms with Gasteiger partial charge in [0.1, 0.15) is 0 Å². The molecule has 4 nitrogen and oxygen atoms in total. The van der Waals surface area contributed by atoms with Gasteiger partial charge in [-0.05, 0) is 18.4 Å². The highest BCUT2D eigenvalue weighted by atomic mass is 32.2. The van der Waals surface area contributed by atoms with E-state index in [0.29, 0.717) is 19.4 Å². The number of rotatable bonds is 4. The maximum absolute atomic E-state index is 12.7. The van der Waals surface area contributed by atoms with Gasteiger partial charge in [0.2, 0.25) is 5.91 Å². The Balaban J connectivity index is 1.76. The van der Waals surface area contributed by atoms with Gasteiger partial charge < -0.3 is 10.0 Å². The quantitative estimate of drug-likeness (QED) is 0.927. The van der Waals surface area contributed by atoms with Crippen molar-refractivity contribution in [1.29, 1.82) is 0 Å². The normalized spacial score (nSPS) is 23.6. The molecule has 0 spiro atoms. The number of benzene rings is 1. The Bertz CT molecular complexity index is 556. The summed E-state index contributed by atoms with van der Waals surface area (Å²) in [6, 6.07) is 10.1. The molecular formula is C17H21NO3S. The number of aliphatic carboxylic acids is 1. The first-order chi connectivity index (χ1) is 10.6. The lowest BCUT2D eigenvalue weighted by molar-refractivity contribution is -0.160. The summed E-state index contributed by atoms with van der Waals surface area (Å²) in [5.41, 5.74) is 0.337. The van der Waals surface area contributed by atoms with E-state index < -0.39 is 11.4 Å². The van der Waals surface area contributed by atoms with Gasteiger partial charge in [0, 0.05) is 24.5 Å². The third-order valence-electron chi connectivity index (χ3n) is 4.89. The number of hydrogen-bond acceptors (Lipinski definition) is 3. The van der Waals surface area contributed by atoms with Crippen LogP contribution in [0, 0.1) is 5.41 Å². The summed E-state index contributed by atoms with van der Waals surface area (Å²) in [4.78, 5) is 26.1. The summed E-state index contributed by atoms with van der Waals surface area (Å²) in [6.45, 7) is 0.707. The zero-order chi connectivity index (χ0) is 15.6. The lowest BCUT2D eigenvalue weighted by Crippen LogP contribution is -2.47. The van der Waals surface area contributed by atoms with Crippen molar-refractivity contribution in [3.05, 3.63) is 35.9 Å². The van der Waals surface area contributed by atoms with Crippen LogP contribution in [0.2, 0.25) is 0 Å². The predicted molar refractivity (Wildman–Crippen MR) is 86.8 cm³/mol. The molecule has 1 aliphatic carbocycles. The van der Waals surface area contributed by atoms with Crippen molar-refractivity contribution in [3.63, 3.8) is 0 Å². The molecule has 1 unspecified atom stereocenters. The molecule has 1 saturated heterocycles. The molecule has 1 N–H and O–H groups in total. The lowest BCUT2D eigenvalue weighted by atomic mass is 9.66. The van der Waals surface area contributed by atoms with Gasteiger partial charge in [-0.25, -0.2) is 0 Å². The third kappa shape index (κ3) is 2.86. The van der Waals surface area contributed by atoms with Crippen molar-refractivity contribution in [2.24, 2.45) is 5.41 Å². The first kappa shape index (κ1) is 15.4. The molecule has 118 valence electrons. The van der Waals surface area contributed by atoms with Crippen molar-refractivity contribution in [1.82, 2.24) is 4.90 Å².